The van der Waals surface area contributed by atoms with Gasteiger partial charge in [0.2, 0.25) is 5.91 Å². The van der Waals surface area contributed by atoms with Gasteiger partial charge >= 0.3 is 0 Å². The van der Waals surface area contributed by atoms with E-state index in [1.807, 2.05) is 0 Å². The lowest BCUT2D eigenvalue weighted by Crippen LogP contribution is -2.50. The number of thiophene rings is 1. The molecule has 0 fully saturated rings. The van der Waals surface area contributed by atoms with Gasteiger partial charge in [-0.25, -0.2) is 4.39 Å². The van der Waals surface area contributed by atoms with E-state index in [1.54, 1.807) is 30.6 Å². The Hall–Kier alpha value is -3.80. The van der Waals surface area contributed by atoms with Crippen LogP contribution in [0.15, 0.2) is 23.3 Å². The Kier molecular flexibility index (Phi) is 8.75. The average molecular weight is 517 g/mol. The number of rotatable bonds is 11. The van der Waals surface area contributed by atoms with Gasteiger partial charge in [-0.05, 0) is 25.1 Å². The van der Waals surface area contributed by atoms with E-state index in [1.165, 1.54) is 36.8 Å². The van der Waals surface area contributed by atoms with Gasteiger partial charge in [0.1, 0.15) is 21.6 Å². The van der Waals surface area contributed by atoms with Crippen molar-refractivity contribution in [2.45, 2.75) is 20.8 Å². The Balaban J connectivity index is 1.92. The second kappa shape index (κ2) is 11.8. The number of hydrogen-bond acceptors (Lipinski definition) is 9. The lowest BCUT2D eigenvalue weighted by atomic mass is 10.1. The van der Waals surface area contributed by atoms with E-state index in [0.29, 0.717) is 21.1 Å². The Morgan fingerprint density at radius 2 is 2.08 bits per heavy atom. The van der Waals surface area contributed by atoms with Gasteiger partial charge in [-0.2, -0.15) is 5.10 Å². The highest BCUT2D eigenvalue weighted by Crippen LogP contribution is 2.42. The molecule has 0 spiro atoms. The standard InChI is InChI=1S/C24H29FN6O4S/c1-14(2)21(33)27-9-10-30-13-31(12-18(32)17-11-16(25)5-6-19(17)35-4)24-20(23(30)34)15(3)22(36-24)29-28-8-7-26/h5-8,11,14,26,29H,9-10,12-13H2,1-4H3,(H,27,33)/b26-7?,28-8-. The lowest BCUT2D eigenvalue weighted by molar-refractivity contribution is -0.124. The fraction of sp³-hybridized carbons (Fsp3) is 0.375. The zero-order valence-corrected chi connectivity index (χ0v) is 21.4. The molecule has 10 nitrogen and oxygen atoms in total. The molecule has 36 heavy (non-hydrogen) atoms. The summed E-state index contributed by atoms with van der Waals surface area (Å²) in [5.41, 5.74) is 4.02. The van der Waals surface area contributed by atoms with Gasteiger partial charge < -0.3 is 25.3 Å². The van der Waals surface area contributed by atoms with Crippen molar-refractivity contribution in [1.82, 2.24) is 10.2 Å². The third-order valence-electron chi connectivity index (χ3n) is 5.57. The lowest BCUT2D eigenvalue weighted by Gasteiger charge is -2.36. The molecule has 0 unspecified atom stereocenters. The van der Waals surface area contributed by atoms with Crippen molar-refractivity contribution in [2.75, 3.05) is 43.7 Å². The van der Waals surface area contributed by atoms with Crippen LogP contribution in [0, 0.1) is 24.1 Å². The van der Waals surface area contributed by atoms with Crippen LogP contribution in [0.25, 0.3) is 0 Å². The largest absolute Gasteiger partial charge is 0.496 e. The SMILES string of the molecule is COc1ccc(F)cc1C(=O)CN1CN(CCNC(=O)C(C)C)C(=O)c2c1sc(N/N=C\C=N)c2C. The van der Waals surface area contributed by atoms with E-state index < -0.39 is 5.82 Å². The number of nitrogens with zero attached hydrogens (tertiary/aromatic N) is 3. The third kappa shape index (κ3) is 5.88. The number of benzene rings is 1. The van der Waals surface area contributed by atoms with Gasteiger partial charge in [0.25, 0.3) is 5.91 Å². The van der Waals surface area contributed by atoms with Crippen LogP contribution >= 0.6 is 11.3 Å². The van der Waals surface area contributed by atoms with Gasteiger partial charge in [-0.15, -0.1) is 0 Å². The molecule has 2 aromatic rings. The van der Waals surface area contributed by atoms with Crippen LogP contribution in [-0.2, 0) is 4.79 Å². The molecule has 1 aromatic heterocycles. The number of fused-ring (bicyclic) bond motifs is 1. The first-order valence-corrected chi connectivity index (χ1v) is 12.1. The molecule has 2 amide bonds. The summed E-state index contributed by atoms with van der Waals surface area (Å²) < 4.78 is 19.1. The van der Waals surface area contributed by atoms with E-state index >= 15 is 0 Å². The molecule has 1 aromatic carbocycles. The highest BCUT2D eigenvalue weighted by atomic mass is 32.1. The fourth-order valence-corrected chi connectivity index (χ4v) is 4.81. The van der Waals surface area contributed by atoms with Crippen LogP contribution in [0.1, 0.15) is 40.1 Å². The first-order chi connectivity index (χ1) is 17.2. The molecule has 2 heterocycles. The quantitative estimate of drug-likeness (QED) is 0.239. The van der Waals surface area contributed by atoms with Crippen LogP contribution in [0.4, 0.5) is 14.4 Å². The van der Waals surface area contributed by atoms with Crippen molar-refractivity contribution in [3.05, 3.63) is 40.7 Å². The molecular formula is C24H29FN6O4S. The average Bonchev–Trinajstić information content (AvgIpc) is 3.18. The van der Waals surface area contributed by atoms with Crippen molar-refractivity contribution < 1.29 is 23.5 Å². The van der Waals surface area contributed by atoms with Crippen molar-refractivity contribution in [2.24, 2.45) is 11.0 Å². The smallest absolute Gasteiger partial charge is 0.258 e. The zero-order valence-electron chi connectivity index (χ0n) is 20.6. The molecule has 0 radical (unpaired) electrons. The number of hydrogen-bond donors (Lipinski definition) is 3. The molecule has 3 rings (SSSR count). The van der Waals surface area contributed by atoms with Crippen molar-refractivity contribution >= 4 is 51.4 Å². The van der Waals surface area contributed by atoms with Crippen LogP contribution in [0.2, 0.25) is 0 Å². The second-order valence-corrected chi connectivity index (χ2v) is 9.41. The maximum absolute atomic E-state index is 13.9. The summed E-state index contributed by atoms with van der Waals surface area (Å²) in [6.45, 7) is 5.82. The number of ketones is 1. The Labute approximate surface area is 212 Å². The Morgan fingerprint density at radius 3 is 2.75 bits per heavy atom. The molecule has 12 heteroatoms. The second-order valence-electron chi connectivity index (χ2n) is 8.41. The monoisotopic (exact) mass is 516 g/mol. The minimum atomic E-state index is -0.557. The van der Waals surface area contributed by atoms with Gasteiger partial charge in [0.05, 0.1) is 37.7 Å². The van der Waals surface area contributed by atoms with Gasteiger partial charge in [0.15, 0.2) is 5.78 Å². The van der Waals surface area contributed by atoms with E-state index in [9.17, 15) is 18.8 Å². The number of halogens is 1. The number of hydrazone groups is 1. The van der Waals surface area contributed by atoms with Crippen LogP contribution < -0.4 is 20.4 Å². The number of carbonyl (C=O) groups excluding carboxylic acids is 3. The van der Waals surface area contributed by atoms with Crippen LogP contribution in [0.5, 0.6) is 5.75 Å². The van der Waals surface area contributed by atoms with Gasteiger partial charge in [-0.3, -0.25) is 19.8 Å². The van der Waals surface area contributed by atoms with E-state index in [-0.39, 0.29) is 61.1 Å². The highest BCUT2D eigenvalue weighted by molar-refractivity contribution is 7.20. The molecule has 0 saturated carbocycles. The van der Waals surface area contributed by atoms with Crippen LogP contribution in [0.3, 0.4) is 0 Å². The Bertz CT molecular complexity index is 1200. The number of ether oxygens (including phenoxy) is 1. The number of Topliss-reactive ketones (excluding diaryl/α,β-unsaturated/α-hetero) is 1. The zero-order chi connectivity index (χ0) is 26.4. The van der Waals surface area contributed by atoms with Crippen molar-refractivity contribution in [3.8, 4) is 5.75 Å². The number of methoxy groups -OCH3 is 1. The Morgan fingerprint density at radius 1 is 1.33 bits per heavy atom. The first-order valence-electron chi connectivity index (χ1n) is 11.3. The first kappa shape index (κ1) is 26.8. The summed E-state index contributed by atoms with van der Waals surface area (Å²) in [5, 5.41) is 15.0. The van der Waals surface area contributed by atoms with Gasteiger partial charge in [-0.1, -0.05) is 25.2 Å². The van der Waals surface area contributed by atoms with E-state index in [0.717, 1.165) is 12.3 Å². The molecule has 1 aliphatic heterocycles. The summed E-state index contributed by atoms with van der Waals surface area (Å²) in [7, 11) is 1.41. The molecule has 3 N–H and O–H groups in total. The van der Waals surface area contributed by atoms with Crippen LogP contribution in [-0.4, -0.2) is 68.3 Å². The number of anilines is 2. The predicted molar refractivity (Wildman–Crippen MR) is 138 cm³/mol. The molecule has 0 aliphatic carbocycles. The molecule has 192 valence electrons. The fourth-order valence-electron chi connectivity index (χ4n) is 3.67. The van der Waals surface area contributed by atoms with E-state index in [4.69, 9.17) is 10.1 Å². The normalized spacial score (nSPS) is 13.2. The molecular weight excluding hydrogens is 487 g/mol. The maximum Gasteiger partial charge on any atom is 0.258 e. The minimum absolute atomic E-state index is 0.105. The summed E-state index contributed by atoms with van der Waals surface area (Å²) in [4.78, 5) is 41.8. The van der Waals surface area contributed by atoms with Crippen molar-refractivity contribution in [1.29, 1.82) is 5.41 Å². The van der Waals surface area contributed by atoms with Crippen molar-refractivity contribution in [3.63, 3.8) is 0 Å². The predicted octanol–water partition coefficient (Wildman–Crippen LogP) is 3.13. The summed E-state index contributed by atoms with van der Waals surface area (Å²) in [6.07, 6.45) is 2.28. The minimum Gasteiger partial charge on any atom is -0.496 e. The third-order valence-corrected chi connectivity index (χ3v) is 6.83. The number of carbonyl (C=O) groups is 3. The molecule has 1 aliphatic rings. The molecule has 0 bridgehead atoms. The van der Waals surface area contributed by atoms with E-state index in [2.05, 4.69) is 15.8 Å². The van der Waals surface area contributed by atoms with Gasteiger partial charge in [0, 0.05) is 30.8 Å². The molecule has 0 saturated heterocycles. The highest BCUT2D eigenvalue weighted by Gasteiger charge is 2.35. The maximum atomic E-state index is 13.9. The molecule has 0 atom stereocenters. The summed E-state index contributed by atoms with van der Waals surface area (Å²) >= 11 is 1.26. The summed E-state index contributed by atoms with van der Waals surface area (Å²) in [5.74, 6) is -1.20. The topological polar surface area (TPSA) is 127 Å². The summed E-state index contributed by atoms with van der Waals surface area (Å²) in [6, 6.07) is 3.75. The number of nitrogens with one attached hydrogen (secondary N) is 3. The number of amides is 2.